The Balaban J connectivity index is 2.00. The lowest BCUT2D eigenvalue weighted by Crippen LogP contribution is -2.29. The second-order valence-corrected chi connectivity index (χ2v) is 7.20. The molecule has 0 bridgehead atoms. The fourth-order valence-corrected chi connectivity index (χ4v) is 4.18. The molecular formula is C15H14ClNO3S. The van der Waals surface area contributed by atoms with Crippen LogP contribution in [0.2, 0.25) is 5.02 Å². The summed E-state index contributed by atoms with van der Waals surface area (Å²) < 4.78 is 26.8. The largest absolute Gasteiger partial charge is 0.392 e. The molecule has 2 aromatic rings. The van der Waals surface area contributed by atoms with Crippen LogP contribution in [-0.4, -0.2) is 20.1 Å². The molecule has 0 spiro atoms. The molecule has 3 rings (SSSR count). The molecule has 21 heavy (non-hydrogen) atoms. The second kappa shape index (κ2) is 5.33. The van der Waals surface area contributed by atoms with Crippen molar-refractivity contribution >= 4 is 27.3 Å². The Labute approximate surface area is 128 Å². The fraction of sp³-hybridized carbons (Fsp3) is 0.200. The Morgan fingerprint density at radius 3 is 2.52 bits per heavy atom. The number of rotatable bonds is 3. The van der Waals surface area contributed by atoms with Gasteiger partial charge in [0.2, 0.25) is 0 Å². The standard InChI is InChI=1S/C15H14ClNO3S/c16-13-3-6-15-12(9-13)7-8-17(15)21(19,20)14-4-1-11(10-18)2-5-14/h1-6,9,18H,7-8,10H2. The van der Waals surface area contributed by atoms with Gasteiger partial charge in [-0.05, 0) is 47.9 Å². The van der Waals surface area contributed by atoms with Crippen LogP contribution < -0.4 is 4.31 Å². The van der Waals surface area contributed by atoms with Crippen LogP contribution in [0, 0.1) is 0 Å². The molecule has 1 N–H and O–H groups in total. The lowest BCUT2D eigenvalue weighted by atomic mass is 10.2. The summed E-state index contributed by atoms with van der Waals surface area (Å²) in [5.74, 6) is 0. The fourth-order valence-electron chi connectivity index (χ4n) is 2.48. The van der Waals surface area contributed by atoms with Crippen LogP contribution in [0.3, 0.4) is 0 Å². The van der Waals surface area contributed by atoms with Gasteiger partial charge in [0.1, 0.15) is 0 Å². The van der Waals surface area contributed by atoms with E-state index in [0.717, 1.165) is 5.56 Å². The number of aliphatic hydroxyl groups excluding tert-OH is 1. The SMILES string of the molecule is O=S(=O)(c1ccc(CO)cc1)N1CCc2cc(Cl)ccc21. The monoisotopic (exact) mass is 323 g/mol. The first-order valence-corrected chi connectivity index (χ1v) is 8.35. The van der Waals surface area contributed by atoms with Gasteiger partial charge in [0.05, 0.1) is 17.2 Å². The van der Waals surface area contributed by atoms with E-state index in [0.29, 0.717) is 29.2 Å². The molecular weight excluding hydrogens is 310 g/mol. The first-order chi connectivity index (χ1) is 10.0. The van der Waals surface area contributed by atoms with Gasteiger partial charge in [-0.25, -0.2) is 8.42 Å². The molecule has 0 saturated heterocycles. The number of fused-ring (bicyclic) bond motifs is 1. The number of hydrogen-bond donors (Lipinski definition) is 1. The smallest absolute Gasteiger partial charge is 0.264 e. The van der Waals surface area contributed by atoms with Crippen LogP contribution in [0.15, 0.2) is 47.4 Å². The number of sulfonamides is 1. The molecule has 6 heteroatoms. The zero-order valence-electron chi connectivity index (χ0n) is 11.2. The summed E-state index contributed by atoms with van der Waals surface area (Å²) in [6.45, 7) is 0.311. The topological polar surface area (TPSA) is 57.6 Å². The third-order valence-electron chi connectivity index (χ3n) is 3.59. The van der Waals surface area contributed by atoms with Gasteiger partial charge in [0.15, 0.2) is 0 Å². The molecule has 1 aliphatic rings. The van der Waals surface area contributed by atoms with Crippen molar-refractivity contribution in [3.05, 3.63) is 58.6 Å². The minimum Gasteiger partial charge on any atom is -0.392 e. The molecule has 0 radical (unpaired) electrons. The number of anilines is 1. The van der Waals surface area contributed by atoms with Gasteiger partial charge >= 0.3 is 0 Å². The van der Waals surface area contributed by atoms with E-state index in [1.807, 2.05) is 0 Å². The molecule has 0 fully saturated rings. The highest BCUT2D eigenvalue weighted by atomic mass is 35.5. The van der Waals surface area contributed by atoms with Gasteiger partial charge < -0.3 is 5.11 Å². The minimum atomic E-state index is -3.58. The van der Waals surface area contributed by atoms with Gasteiger partial charge in [-0.3, -0.25) is 4.31 Å². The summed E-state index contributed by atoms with van der Waals surface area (Å²) in [7, 11) is -3.58. The van der Waals surface area contributed by atoms with E-state index in [1.165, 1.54) is 16.4 Å². The van der Waals surface area contributed by atoms with Crippen molar-refractivity contribution in [3.8, 4) is 0 Å². The summed E-state index contributed by atoms with van der Waals surface area (Å²) in [6, 6.07) is 11.5. The zero-order chi connectivity index (χ0) is 15.0. The van der Waals surface area contributed by atoms with Crippen LogP contribution in [0.1, 0.15) is 11.1 Å². The highest BCUT2D eigenvalue weighted by Gasteiger charge is 2.30. The molecule has 0 amide bonds. The van der Waals surface area contributed by atoms with Gasteiger partial charge in [-0.2, -0.15) is 0 Å². The first kappa shape index (κ1) is 14.4. The van der Waals surface area contributed by atoms with Gasteiger partial charge in [-0.15, -0.1) is 0 Å². The van der Waals surface area contributed by atoms with Crippen LogP contribution in [0.4, 0.5) is 5.69 Å². The summed E-state index contributed by atoms with van der Waals surface area (Å²) in [4.78, 5) is 0.225. The number of halogens is 1. The van der Waals surface area contributed by atoms with E-state index < -0.39 is 10.0 Å². The van der Waals surface area contributed by atoms with Gasteiger partial charge in [0, 0.05) is 11.6 Å². The lowest BCUT2D eigenvalue weighted by Gasteiger charge is -2.19. The van der Waals surface area contributed by atoms with Crippen molar-refractivity contribution < 1.29 is 13.5 Å². The molecule has 0 aliphatic carbocycles. The van der Waals surface area contributed by atoms with E-state index in [9.17, 15) is 8.42 Å². The Bertz CT molecular complexity index is 772. The van der Waals surface area contributed by atoms with Crippen molar-refractivity contribution in [1.82, 2.24) is 0 Å². The van der Waals surface area contributed by atoms with Gasteiger partial charge in [-0.1, -0.05) is 23.7 Å². The van der Waals surface area contributed by atoms with Crippen LogP contribution in [0.25, 0.3) is 0 Å². The number of hydrogen-bond acceptors (Lipinski definition) is 3. The Kier molecular flexibility index (Phi) is 3.65. The molecule has 4 nitrogen and oxygen atoms in total. The second-order valence-electron chi connectivity index (χ2n) is 4.90. The van der Waals surface area contributed by atoms with E-state index in [2.05, 4.69) is 0 Å². The minimum absolute atomic E-state index is 0.106. The number of nitrogens with zero attached hydrogens (tertiary/aromatic N) is 1. The van der Waals surface area contributed by atoms with E-state index in [4.69, 9.17) is 16.7 Å². The molecule has 1 heterocycles. The maximum atomic E-state index is 12.7. The Morgan fingerprint density at radius 2 is 1.86 bits per heavy atom. The van der Waals surface area contributed by atoms with Crippen LogP contribution >= 0.6 is 11.6 Å². The summed E-state index contributed by atoms with van der Waals surface area (Å²) >= 11 is 5.94. The van der Waals surface area contributed by atoms with E-state index in [1.54, 1.807) is 30.3 Å². The third-order valence-corrected chi connectivity index (χ3v) is 5.65. The van der Waals surface area contributed by atoms with Crippen LogP contribution in [-0.2, 0) is 23.1 Å². The highest BCUT2D eigenvalue weighted by molar-refractivity contribution is 7.92. The molecule has 0 aromatic heterocycles. The van der Waals surface area contributed by atoms with Crippen molar-refractivity contribution in [2.24, 2.45) is 0 Å². The average molecular weight is 324 g/mol. The summed E-state index contributed by atoms with van der Waals surface area (Å²) in [5, 5.41) is 9.64. The lowest BCUT2D eigenvalue weighted by molar-refractivity contribution is 0.282. The molecule has 0 atom stereocenters. The quantitative estimate of drug-likeness (QED) is 0.944. The maximum absolute atomic E-state index is 12.7. The maximum Gasteiger partial charge on any atom is 0.264 e. The molecule has 1 aliphatic heterocycles. The number of aliphatic hydroxyl groups is 1. The van der Waals surface area contributed by atoms with Gasteiger partial charge in [0.25, 0.3) is 10.0 Å². The first-order valence-electron chi connectivity index (χ1n) is 6.53. The zero-order valence-corrected chi connectivity index (χ0v) is 12.7. The third kappa shape index (κ3) is 2.52. The number of benzene rings is 2. The van der Waals surface area contributed by atoms with Crippen molar-refractivity contribution in [1.29, 1.82) is 0 Å². The van der Waals surface area contributed by atoms with E-state index >= 15 is 0 Å². The Hall–Kier alpha value is -1.56. The van der Waals surface area contributed by atoms with Crippen molar-refractivity contribution in [2.45, 2.75) is 17.9 Å². The predicted molar refractivity (Wildman–Crippen MR) is 82.1 cm³/mol. The highest BCUT2D eigenvalue weighted by Crippen LogP contribution is 2.34. The normalized spacial score (nSPS) is 14.3. The van der Waals surface area contributed by atoms with Crippen molar-refractivity contribution in [3.63, 3.8) is 0 Å². The van der Waals surface area contributed by atoms with E-state index in [-0.39, 0.29) is 11.5 Å². The summed E-state index contributed by atoms with van der Waals surface area (Å²) in [5.41, 5.74) is 2.31. The summed E-state index contributed by atoms with van der Waals surface area (Å²) in [6.07, 6.45) is 0.657. The molecule has 0 unspecified atom stereocenters. The molecule has 110 valence electrons. The van der Waals surface area contributed by atoms with Crippen LogP contribution in [0.5, 0.6) is 0 Å². The van der Waals surface area contributed by atoms with Crippen molar-refractivity contribution in [2.75, 3.05) is 10.8 Å². The molecule has 0 saturated carbocycles. The Morgan fingerprint density at radius 1 is 1.14 bits per heavy atom. The molecule has 2 aromatic carbocycles. The average Bonchev–Trinajstić information content (AvgIpc) is 2.91. The predicted octanol–water partition coefficient (Wildman–Crippen LogP) is 2.58.